The second kappa shape index (κ2) is 10.2. The smallest absolute Gasteiger partial charge is 0.417 e. The van der Waals surface area contributed by atoms with Crippen LogP contribution < -0.4 is 25.3 Å². The number of nitrogens with two attached hydrogens (primary N) is 1. The van der Waals surface area contributed by atoms with Crippen LogP contribution in [-0.2, 0) is 0 Å². The van der Waals surface area contributed by atoms with Gasteiger partial charge in [0.05, 0.1) is 33.4 Å². The molecule has 0 unspecified atom stereocenters. The van der Waals surface area contributed by atoms with Crippen LogP contribution in [0.3, 0.4) is 0 Å². The summed E-state index contributed by atoms with van der Waals surface area (Å²) in [5.74, 6) is -1.20. The third kappa shape index (κ3) is 5.13. The lowest BCUT2D eigenvalue weighted by atomic mass is 10.1. The Balaban J connectivity index is 1.66. The van der Waals surface area contributed by atoms with Gasteiger partial charge in [-0.05, 0) is 46.3 Å². The van der Waals surface area contributed by atoms with Gasteiger partial charge in [0.25, 0.3) is 5.91 Å². The number of fused-ring (bicyclic) bond motifs is 1. The molecule has 0 saturated heterocycles. The summed E-state index contributed by atoms with van der Waals surface area (Å²) in [5.41, 5.74) is 5.99. The maximum Gasteiger partial charge on any atom is 0.417 e. The summed E-state index contributed by atoms with van der Waals surface area (Å²) in [5, 5.41) is 2.68. The first-order valence-corrected chi connectivity index (χ1v) is 11.1. The number of hydrogen-bond acceptors (Lipinski definition) is 6. The van der Waals surface area contributed by atoms with Crippen molar-refractivity contribution in [1.82, 2.24) is 4.98 Å². The van der Waals surface area contributed by atoms with Crippen LogP contribution in [0.25, 0.3) is 10.9 Å². The monoisotopic (exact) mass is 559 g/mol. The van der Waals surface area contributed by atoms with E-state index in [1.54, 1.807) is 30.3 Å². The van der Waals surface area contributed by atoms with E-state index in [9.17, 15) is 9.59 Å². The highest BCUT2D eigenvalue weighted by atomic mass is 79.9. The number of benzene rings is 3. The van der Waals surface area contributed by atoms with E-state index in [-0.39, 0.29) is 38.0 Å². The van der Waals surface area contributed by atoms with Crippen LogP contribution in [0.5, 0.6) is 23.0 Å². The number of rotatable bonds is 6. The van der Waals surface area contributed by atoms with Crippen LogP contribution in [0.2, 0.25) is 5.02 Å². The minimum Gasteiger partial charge on any atom is -0.496 e. The molecule has 0 radical (unpaired) electrons. The molecule has 3 N–H and O–H groups in total. The lowest BCUT2D eigenvalue weighted by molar-refractivity contribution is 0.0997. The highest BCUT2D eigenvalue weighted by molar-refractivity contribution is 9.10. The number of para-hydroxylation sites is 1. The van der Waals surface area contributed by atoms with Gasteiger partial charge < -0.3 is 19.9 Å². The van der Waals surface area contributed by atoms with Crippen molar-refractivity contribution in [3.05, 3.63) is 81.7 Å². The number of pyridine rings is 1. The Hall–Kier alpha value is -3.89. The van der Waals surface area contributed by atoms with Gasteiger partial charge in [-0.2, -0.15) is 0 Å². The van der Waals surface area contributed by atoms with Gasteiger partial charge in [0.2, 0.25) is 0 Å². The summed E-state index contributed by atoms with van der Waals surface area (Å²) < 4.78 is 31.3. The number of anilines is 1. The van der Waals surface area contributed by atoms with Gasteiger partial charge in [-0.15, -0.1) is 0 Å². The molecule has 3 aromatic carbocycles. The SMILES string of the molecule is COc1cc2nccc(Oc3c(Cl)cc(NC(=O)Oc4ccccc4)c(Br)c3F)c2cc1C(N)=O. The predicted octanol–water partition coefficient (Wildman–Crippen LogP) is 6.30. The van der Waals surface area contributed by atoms with Crippen LogP contribution >= 0.6 is 27.5 Å². The van der Waals surface area contributed by atoms with Gasteiger partial charge in [0.15, 0.2) is 11.6 Å². The standard InChI is InChI=1S/C24H16BrClFN3O5/c1-33-19-11-16-13(9-14(19)23(28)31)18(7-8-29-16)35-22-15(26)10-17(20(25)21(22)27)30-24(32)34-12-5-3-2-4-6-12/h2-11H,1H3,(H2,28,31)(H,30,32). The molecule has 0 atom stereocenters. The fourth-order valence-corrected chi connectivity index (χ4v) is 3.83. The predicted molar refractivity (Wildman–Crippen MR) is 132 cm³/mol. The second-order valence-corrected chi connectivity index (χ2v) is 8.24. The molecular formula is C24H16BrClFN3O5. The molecule has 2 amide bonds. The number of primary amides is 1. The van der Waals surface area contributed by atoms with Crippen molar-refractivity contribution in [2.24, 2.45) is 5.73 Å². The zero-order chi connectivity index (χ0) is 25.1. The second-order valence-electron chi connectivity index (χ2n) is 7.04. The Morgan fingerprint density at radius 2 is 1.86 bits per heavy atom. The van der Waals surface area contributed by atoms with Gasteiger partial charge in [-0.25, -0.2) is 9.18 Å². The van der Waals surface area contributed by atoms with Crippen molar-refractivity contribution in [2.75, 3.05) is 12.4 Å². The number of carbonyl (C=O) groups excluding carboxylic acids is 2. The highest BCUT2D eigenvalue weighted by Gasteiger charge is 2.21. The molecule has 0 fully saturated rings. The number of carbonyl (C=O) groups is 2. The van der Waals surface area contributed by atoms with Gasteiger partial charge in [0, 0.05) is 17.6 Å². The molecule has 1 aromatic heterocycles. The molecule has 0 bridgehead atoms. The number of ether oxygens (including phenoxy) is 3. The van der Waals surface area contributed by atoms with Gasteiger partial charge in [-0.3, -0.25) is 15.1 Å². The van der Waals surface area contributed by atoms with Crippen molar-refractivity contribution in [1.29, 1.82) is 0 Å². The maximum atomic E-state index is 15.3. The minimum atomic E-state index is -0.874. The maximum absolute atomic E-state index is 15.3. The van der Waals surface area contributed by atoms with Gasteiger partial charge in [-0.1, -0.05) is 29.8 Å². The van der Waals surface area contributed by atoms with Crippen molar-refractivity contribution in [2.45, 2.75) is 0 Å². The quantitative estimate of drug-likeness (QED) is 0.268. The average molecular weight is 561 g/mol. The molecular weight excluding hydrogens is 545 g/mol. The molecule has 178 valence electrons. The van der Waals surface area contributed by atoms with E-state index in [1.165, 1.54) is 37.6 Å². The molecule has 8 nitrogen and oxygen atoms in total. The largest absolute Gasteiger partial charge is 0.496 e. The average Bonchev–Trinajstić information content (AvgIpc) is 2.84. The molecule has 4 aromatic rings. The normalized spacial score (nSPS) is 10.6. The number of aromatic nitrogens is 1. The van der Waals surface area contributed by atoms with E-state index in [2.05, 4.69) is 26.2 Å². The summed E-state index contributed by atoms with van der Waals surface area (Å²) in [6.45, 7) is 0. The Morgan fingerprint density at radius 3 is 2.54 bits per heavy atom. The number of nitrogens with zero attached hydrogens (tertiary/aromatic N) is 1. The van der Waals surface area contributed by atoms with Crippen LogP contribution in [0.1, 0.15) is 10.4 Å². The third-order valence-corrected chi connectivity index (χ3v) is 5.86. The van der Waals surface area contributed by atoms with E-state index in [4.69, 9.17) is 31.5 Å². The Bertz CT molecular complexity index is 1450. The molecule has 0 aliphatic carbocycles. The van der Waals surface area contributed by atoms with Crippen LogP contribution in [0, 0.1) is 5.82 Å². The Kier molecular flexibility index (Phi) is 7.04. The van der Waals surface area contributed by atoms with E-state index < -0.39 is 17.8 Å². The first kappa shape index (κ1) is 24.2. The highest BCUT2D eigenvalue weighted by Crippen LogP contribution is 2.42. The molecule has 4 rings (SSSR count). The molecule has 0 spiro atoms. The molecule has 35 heavy (non-hydrogen) atoms. The van der Waals surface area contributed by atoms with Crippen molar-refractivity contribution < 1.29 is 28.2 Å². The summed E-state index contributed by atoms with van der Waals surface area (Å²) >= 11 is 9.41. The number of methoxy groups -OCH3 is 1. The molecule has 1 heterocycles. The Labute approximate surface area is 211 Å². The molecule has 11 heteroatoms. The fraction of sp³-hybridized carbons (Fsp3) is 0.0417. The van der Waals surface area contributed by atoms with Gasteiger partial charge >= 0.3 is 6.09 Å². The number of nitrogens with one attached hydrogen (secondary N) is 1. The molecule has 0 saturated carbocycles. The van der Waals surface area contributed by atoms with Crippen molar-refractivity contribution >= 4 is 56.1 Å². The van der Waals surface area contributed by atoms with Crippen LogP contribution in [0.4, 0.5) is 14.9 Å². The molecule has 0 aliphatic rings. The van der Waals surface area contributed by atoms with Crippen LogP contribution in [0.15, 0.2) is 65.3 Å². The van der Waals surface area contributed by atoms with E-state index in [0.29, 0.717) is 16.7 Å². The third-order valence-electron chi connectivity index (χ3n) is 4.81. The first-order chi connectivity index (χ1) is 16.8. The lowest BCUT2D eigenvalue weighted by Crippen LogP contribution is -2.17. The van der Waals surface area contributed by atoms with E-state index >= 15 is 4.39 Å². The number of halogens is 3. The van der Waals surface area contributed by atoms with Gasteiger partial charge in [0.1, 0.15) is 17.2 Å². The van der Waals surface area contributed by atoms with E-state index in [0.717, 1.165) is 0 Å². The topological polar surface area (TPSA) is 113 Å². The Morgan fingerprint density at radius 1 is 1.11 bits per heavy atom. The zero-order valence-electron chi connectivity index (χ0n) is 18.0. The van der Waals surface area contributed by atoms with Crippen molar-refractivity contribution in [3.63, 3.8) is 0 Å². The van der Waals surface area contributed by atoms with Crippen molar-refractivity contribution in [3.8, 4) is 23.0 Å². The summed E-state index contributed by atoms with van der Waals surface area (Å²) in [4.78, 5) is 28.3. The zero-order valence-corrected chi connectivity index (χ0v) is 20.3. The molecule has 0 aliphatic heterocycles. The summed E-state index contributed by atoms with van der Waals surface area (Å²) in [6.07, 6.45) is 0.603. The summed E-state index contributed by atoms with van der Waals surface area (Å²) in [7, 11) is 1.39. The number of hydrogen-bond donors (Lipinski definition) is 2. The number of amides is 2. The first-order valence-electron chi connectivity index (χ1n) is 9.94. The fourth-order valence-electron chi connectivity index (χ4n) is 3.20. The van der Waals surface area contributed by atoms with Crippen LogP contribution in [-0.4, -0.2) is 24.1 Å². The summed E-state index contributed by atoms with van der Waals surface area (Å²) in [6, 6.07) is 14.1. The minimum absolute atomic E-state index is 0.0288. The van der Waals surface area contributed by atoms with E-state index in [1.807, 2.05) is 0 Å². The lowest BCUT2D eigenvalue weighted by Gasteiger charge is -2.15.